The molecule has 1 aromatic carbocycles. The molecule has 1 aliphatic heterocycles. The van der Waals surface area contributed by atoms with Gasteiger partial charge in [0.1, 0.15) is 5.75 Å². The maximum absolute atomic E-state index is 11.3. The molecule has 1 heterocycles. The fraction of sp³-hybridized carbons (Fsp3) is 0.357. The molecule has 0 amide bonds. The fourth-order valence-corrected chi connectivity index (χ4v) is 2.21. The molecule has 96 valence electrons. The maximum atomic E-state index is 11.3. The Morgan fingerprint density at radius 2 is 2.00 bits per heavy atom. The second-order valence-electron chi connectivity index (χ2n) is 4.48. The molecule has 0 saturated heterocycles. The normalized spacial score (nSPS) is 16.8. The van der Waals surface area contributed by atoms with Crippen molar-refractivity contribution in [2.45, 2.75) is 6.42 Å². The van der Waals surface area contributed by atoms with Crippen LogP contribution in [-0.2, 0) is 4.79 Å². The molecule has 0 bridgehead atoms. The molecule has 0 spiro atoms. The Bertz CT molecular complexity index is 476. The molecule has 1 aromatic rings. The predicted octanol–water partition coefficient (Wildman–Crippen LogP) is 1.87. The lowest BCUT2D eigenvalue weighted by atomic mass is 9.93. The maximum Gasteiger partial charge on any atom is 0.333 e. The lowest BCUT2D eigenvalue weighted by Gasteiger charge is -2.26. The van der Waals surface area contributed by atoms with E-state index in [9.17, 15) is 9.90 Å². The Hall–Kier alpha value is -1.81. The highest BCUT2D eigenvalue weighted by Gasteiger charge is 2.22. The van der Waals surface area contributed by atoms with Crippen molar-refractivity contribution >= 4 is 11.5 Å². The molecule has 0 aromatic heterocycles. The summed E-state index contributed by atoms with van der Waals surface area (Å²) in [5.41, 5.74) is 2.40. The van der Waals surface area contributed by atoms with Gasteiger partial charge in [-0.3, -0.25) is 0 Å². The Balaban J connectivity index is 2.38. The van der Waals surface area contributed by atoms with Crippen LogP contribution < -0.4 is 4.74 Å². The van der Waals surface area contributed by atoms with Crippen molar-refractivity contribution in [3.63, 3.8) is 0 Å². The summed E-state index contributed by atoms with van der Waals surface area (Å²) >= 11 is 0. The molecule has 4 nitrogen and oxygen atoms in total. The summed E-state index contributed by atoms with van der Waals surface area (Å²) in [7, 11) is 3.56. The van der Waals surface area contributed by atoms with E-state index in [4.69, 9.17) is 4.74 Å². The van der Waals surface area contributed by atoms with E-state index in [1.54, 1.807) is 7.11 Å². The zero-order chi connectivity index (χ0) is 13.1. The first-order valence-corrected chi connectivity index (χ1v) is 5.90. The van der Waals surface area contributed by atoms with Gasteiger partial charge in [-0.25, -0.2) is 4.79 Å². The predicted molar refractivity (Wildman–Crippen MR) is 69.7 cm³/mol. The van der Waals surface area contributed by atoms with Gasteiger partial charge in [0, 0.05) is 13.1 Å². The molecule has 18 heavy (non-hydrogen) atoms. The van der Waals surface area contributed by atoms with Crippen LogP contribution in [0.1, 0.15) is 12.0 Å². The first-order valence-electron chi connectivity index (χ1n) is 5.90. The summed E-state index contributed by atoms with van der Waals surface area (Å²) in [6.07, 6.45) is 0.768. The van der Waals surface area contributed by atoms with Crippen LogP contribution in [0.25, 0.3) is 5.57 Å². The first kappa shape index (κ1) is 12.6. The fourth-order valence-electron chi connectivity index (χ4n) is 2.21. The van der Waals surface area contributed by atoms with Crippen molar-refractivity contribution < 1.29 is 14.6 Å². The highest BCUT2D eigenvalue weighted by atomic mass is 16.5. The lowest BCUT2D eigenvalue weighted by molar-refractivity contribution is -0.132. The number of nitrogens with zero attached hydrogens (tertiary/aromatic N) is 1. The second kappa shape index (κ2) is 5.23. The van der Waals surface area contributed by atoms with Crippen LogP contribution in [0, 0.1) is 0 Å². The first-order chi connectivity index (χ1) is 8.61. The minimum atomic E-state index is -0.827. The molecule has 0 unspecified atom stereocenters. The number of carbonyl (C=O) groups is 1. The van der Waals surface area contributed by atoms with Crippen molar-refractivity contribution in [3.05, 3.63) is 35.4 Å². The number of benzene rings is 1. The number of rotatable bonds is 3. The number of likely N-dealkylation sites (N-methyl/N-ethyl adjacent to an activating group) is 1. The van der Waals surface area contributed by atoms with Crippen molar-refractivity contribution in [3.8, 4) is 5.75 Å². The van der Waals surface area contributed by atoms with E-state index < -0.39 is 5.97 Å². The average Bonchev–Trinajstić information content (AvgIpc) is 2.39. The van der Waals surface area contributed by atoms with E-state index in [2.05, 4.69) is 0 Å². The summed E-state index contributed by atoms with van der Waals surface area (Å²) in [6, 6.07) is 7.56. The minimum Gasteiger partial charge on any atom is -0.497 e. The van der Waals surface area contributed by atoms with Crippen LogP contribution in [0.4, 0.5) is 0 Å². The largest absolute Gasteiger partial charge is 0.497 e. The van der Waals surface area contributed by atoms with E-state index in [1.807, 2.05) is 36.2 Å². The summed E-state index contributed by atoms with van der Waals surface area (Å²) in [5.74, 6) is -0.0449. The molecule has 0 fully saturated rings. The molecular formula is C14H17NO3. The number of hydrogen-bond acceptors (Lipinski definition) is 3. The van der Waals surface area contributed by atoms with Crippen molar-refractivity contribution in [1.82, 2.24) is 4.90 Å². The molecular weight excluding hydrogens is 230 g/mol. The molecule has 0 aliphatic carbocycles. The van der Waals surface area contributed by atoms with Gasteiger partial charge in [0.2, 0.25) is 0 Å². The number of ether oxygens (including phenoxy) is 1. The van der Waals surface area contributed by atoms with E-state index in [-0.39, 0.29) is 0 Å². The van der Waals surface area contributed by atoms with Gasteiger partial charge in [-0.15, -0.1) is 0 Å². The molecule has 4 heteroatoms. The molecule has 0 saturated carbocycles. The third kappa shape index (κ3) is 2.54. The molecule has 1 N–H and O–H groups in total. The monoisotopic (exact) mass is 247 g/mol. The summed E-state index contributed by atoms with van der Waals surface area (Å²) in [4.78, 5) is 13.3. The second-order valence-corrected chi connectivity index (χ2v) is 4.48. The topological polar surface area (TPSA) is 49.8 Å². The van der Waals surface area contributed by atoms with Crippen molar-refractivity contribution in [2.75, 3.05) is 27.2 Å². The van der Waals surface area contributed by atoms with Crippen LogP contribution >= 0.6 is 0 Å². The van der Waals surface area contributed by atoms with Crippen molar-refractivity contribution in [2.24, 2.45) is 0 Å². The zero-order valence-electron chi connectivity index (χ0n) is 10.6. The van der Waals surface area contributed by atoms with Gasteiger partial charge in [-0.1, -0.05) is 12.1 Å². The van der Waals surface area contributed by atoms with Gasteiger partial charge in [0.15, 0.2) is 0 Å². The Morgan fingerprint density at radius 3 is 2.56 bits per heavy atom. The molecule has 2 rings (SSSR count). The molecule has 0 radical (unpaired) electrons. The molecule has 1 aliphatic rings. The summed E-state index contributed by atoms with van der Waals surface area (Å²) < 4.78 is 5.11. The quantitative estimate of drug-likeness (QED) is 0.886. The lowest BCUT2D eigenvalue weighted by Crippen LogP contribution is -2.30. The number of carboxylic acids is 1. The smallest absolute Gasteiger partial charge is 0.333 e. The standard InChI is InChI=1S/C14H17NO3/c1-15-8-7-12(13(9-15)14(16)17)10-3-5-11(18-2)6-4-10/h3-6H,7-9H2,1-2H3,(H,16,17). The minimum absolute atomic E-state index is 0.494. The van der Waals surface area contributed by atoms with Gasteiger partial charge in [0.25, 0.3) is 0 Å². The summed E-state index contributed by atoms with van der Waals surface area (Å²) in [6.45, 7) is 1.38. The highest BCUT2D eigenvalue weighted by Crippen LogP contribution is 2.28. The van der Waals surface area contributed by atoms with Gasteiger partial charge in [-0.2, -0.15) is 0 Å². The third-order valence-corrected chi connectivity index (χ3v) is 3.23. The Kier molecular flexibility index (Phi) is 3.67. The number of methoxy groups -OCH3 is 1. The van der Waals surface area contributed by atoms with E-state index >= 15 is 0 Å². The van der Waals surface area contributed by atoms with Crippen LogP contribution in [-0.4, -0.2) is 43.2 Å². The summed E-state index contributed by atoms with van der Waals surface area (Å²) in [5, 5.41) is 9.28. The van der Waals surface area contributed by atoms with Gasteiger partial charge < -0.3 is 14.7 Å². The van der Waals surface area contributed by atoms with Gasteiger partial charge >= 0.3 is 5.97 Å². The zero-order valence-corrected chi connectivity index (χ0v) is 10.6. The van der Waals surface area contributed by atoms with Crippen LogP contribution in [0.5, 0.6) is 5.75 Å². The third-order valence-electron chi connectivity index (χ3n) is 3.23. The van der Waals surface area contributed by atoms with Crippen LogP contribution in [0.2, 0.25) is 0 Å². The molecule has 0 atom stereocenters. The van der Waals surface area contributed by atoms with Crippen LogP contribution in [0.3, 0.4) is 0 Å². The SMILES string of the molecule is COc1ccc(C2=C(C(=O)O)CN(C)CC2)cc1. The number of hydrogen-bond donors (Lipinski definition) is 1. The average molecular weight is 247 g/mol. The Labute approximate surface area is 106 Å². The van der Waals surface area contributed by atoms with E-state index in [1.165, 1.54) is 0 Å². The number of aliphatic carboxylic acids is 1. The van der Waals surface area contributed by atoms with Gasteiger partial charge in [-0.05, 0) is 36.7 Å². The Morgan fingerprint density at radius 1 is 1.33 bits per heavy atom. The van der Waals surface area contributed by atoms with E-state index in [0.717, 1.165) is 29.9 Å². The van der Waals surface area contributed by atoms with Gasteiger partial charge in [0.05, 0.1) is 12.7 Å². The number of carboxylic acid groups (broad SMARTS) is 1. The van der Waals surface area contributed by atoms with Crippen LogP contribution in [0.15, 0.2) is 29.8 Å². The van der Waals surface area contributed by atoms with Crippen molar-refractivity contribution in [1.29, 1.82) is 0 Å². The highest BCUT2D eigenvalue weighted by molar-refractivity contribution is 5.97. The van der Waals surface area contributed by atoms with E-state index in [0.29, 0.717) is 12.1 Å².